The molecule has 0 atom stereocenters. The summed E-state index contributed by atoms with van der Waals surface area (Å²) in [5, 5.41) is 2.85. The van der Waals surface area contributed by atoms with Crippen LogP contribution in [-0.2, 0) is 17.5 Å². The van der Waals surface area contributed by atoms with Gasteiger partial charge in [0, 0.05) is 5.92 Å². The van der Waals surface area contributed by atoms with Crippen molar-refractivity contribution in [1.82, 2.24) is 5.32 Å². The molecule has 140 valence electrons. The fraction of sp³-hybridized carbons (Fsp3) is 0.412. The lowest BCUT2D eigenvalue weighted by molar-refractivity contribution is -0.367. The Balaban J connectivity index is 1.55. The van der Waals surface area contributed by atoms with Crippen LogP contribution in [0.3, 0.4) is 0 Å². The Morgan fingerprint density at radius 3 is 2.69 bits per heavy atom. The van der Waals surface area contributed by atoms with Gasteiger partial charge < -0.3 is 9.73 Å². The Morgan fingerprint density at radius 2 is 2.12 bits per heavy atom. The van der Waals surface area contributed by atoms with E-state index in [1.807, 2.05) is 4.90 Å². The largest absolute Gasteiger partial charge is 0.467 e. The molecule has 0 aliphatic carbocycles. The van der Waals surface area contributed by atoms with Crippen molar-refractivity contribution in [1.29, 1.82) is 0 Å². The van der Waals surface area contributed by atoms with Crippen LogP contribution >= 0.6 is 11.6 Å². The number of pyridine rings is 1. The summed E-state index contributed by atoms with van der Waals surface area (Å²) in [6, 6.07) is 4.45. The minimum Gasteiger partial charge on any atom is -0.467 e. The van der Waals surface area contributed by atoms with Gasteiger partial charge in [0.25, 0.3) is 5.82 Å². The molecule has 2 N–H and O–H groups in total. The third-order valence-electron chi connectivity index (χ3n) is 4.40. The number of hydrogen-bond donors (Lipinski definition) is 1. The van der Waals surface area contributed by atoms with Gasteiger partial charge in [-0.3, -0.25) is 9.69 Å². The van der Waals surface area contributed by atoms with Crippen LogP contribution in [0, 0.1) is 5.92 Å². The lowest BCUT2D eigenvalue weighted by Gasteiger charge is -2.27. The van der Waals surface area contributed by atoms with Crippen molar-refractivity contribution in [3.8, 4) is 0 Å². The van der Waals surface area contributed by atoms with Gasteiger partial charge in [-0.2, -0.15) is 13.2 Å². The third kappa shape index (κ3) is 4.30. The number of alkyl halides is 3. The standard InChI is InChI=1S/C17H17ClF3N3O2/c18-14-8-12(17(19,20)21)9-22-15(14)24-5-3-11(4-6-24)16(25)23-10-13-2-1-7-26-13/h1-2,7-9,11H,3-6,10H2,(H,23,25)/p+1. The number of anilines is 1. The van der Waals surface area contributed by atoms with Crippen LogP contribution in [0.2, 0.25) is 5.02 Å². The summed E-state index contributed by atoms with van der Waals surface area (Å²) in [6.07, 6.45) is -0.810. The van der Waals surface area contributed by atoms with Crippen molar-refractivity contribution >= 4 is 23.3 Å². The second-order valence-electron chi connectivity index (χ2n) is 6.14. The van der Waals surface area contributed by atoms with E-state index in [1.165, 1.54) is 0 Å². The first kappa shape index (κ1) is 18.6. The van der Waals surface area contributed by atoms with Gasteiger partial charge >= 0.3 is 6.18 Å². The number of aromatic nitrogens is 1. The predicted octanol–water partition coefficient (Wildman–Crippen LogP) is 3.30. The number of nitrogens with zero attached hydrogens (tertiary/aromatic N) is 1. The molecule has 0 saturated carbocycles. The summed E-state index contributed by atoms with van der Waals surface area (Å²) >= 11 is 6.01. The second-order valence-corrected chi connectivity index (χ2v) is 6.55. The van der Waals surface area contributed by atoms with Crippen molar-refractivity contribution in [2.75, 3.05) is 18.0 Å². The van der Waals surface area contributed by atoms with E-state index in [4.69, 9.17) is 16.0 Å². The molecule has 26 heavy (non-hydrogen) atoms. The van der Waals surface area contributed by atoms with Crippen LogP contribution in [0.25, 0.3) is 0 Å². The molecule has 5 nitrogen and oxygen atoms in total. The number of rotatable bonds is 4. The average Bonchev–Trinajstić information content (AvgIpc) is 3.12. The number of furan rings is 1. The first-order valence-electron chi connectivity index (χ1n) is 8.18. The molecule has 3 heterocycles. The number of nitrogens with one attached hydrogen (secondary N) is 2. The first-order chi connectivity index (χ1) is 12.3. The molecule has 0 radical (unpaired) electrons. The van der Waals surface area contributed by atoms with E-state index in [2.05, 4.69) is 10.3 Å². The van der Waals surface area contributed by atoms with Crippen LogP contribution < -0.4 is 15.2 Å². The van der Waals surface area contributed by atoms with Gasteiger partial charge in [-0.1, -0.05) is 11.6 Å². The Hall–Kier alpha value is -2.22. The molecule has 2 aromatic rings. The molecule has 0 bridgehead atoms. The summed E-state index contributed by atoms with van der Waals surface area (Å²) in [5.41, 5.74) is -0.821. The molecule has 0 unspecified atom stereocenters. The number of hydrogen-bond acceptors (Lipinski definition) is 3. The van der Waals surface area contributed by atoms with Gasteiger partial charge in [-0.05, 0) is 31.0 Å². The van der Waals surface area contributed by atoms with Gasteiger partial charge in [0.05, 0.1) is 31.5 Å². The second kappa shape index (κ2) is 7.57. The van der Waals surface area contributed by atoms with Crippen molar-refractivity contribution in [3.05, 3.63) is 47.0 Å². The quantitative estimate of drug-likeness (QED) is 0.874. The van der Waals surface area contributed by atoms with Gasteiger partial charge in [-0.25, -0.2) is 4.98 Å². The molecular formula is C17H18ClF3N3O2+. The van der Waals surface area contributed by atoms with E-state index in [1.54, 1.807) is 18.4 Å². The lowest BCUT2D eigenvalue weighted by atomic mass is 9.96. The molecule has 0 spiro atoms. The summed E-state index contributed by atoms with van der Waals surface area (Å²) in [6.45, 7) is 1.39. The van der Waals surface area contributed by atoms with E-state index >= 15 is 0 Å². The number of aromatic amines is 1. The molecule has 1 aliphatic heterocycles. The highest BCUT2D eigenvalue weighted by Gasteiger charge is 2.35. The fourth-order valence-electron chi connectivity index (χ4n) is 2.96. The van der Waals surface area contributed by atoms with E-state index in [9.17, 15) is 18.0 Å². The molecule has 3 rings (SSSR count). The highest BCUT2D eigenvalue weighted by atomic mass is 35.5. The molecule has 2 aromatic heterocycles. The van der Waals surface area contributed by atoms with E-state index in [0.717, 1.165) is 12.3 Å². The van der Waals surface area contributed by atoms with Crippen LogP contribution in [0.4, 0.5) is 19.0 Å². The third-order valence-corrected chi connectivity index (χ3v) is 4.69. The van der Waals surface area contributed by atoms with Crippen LogP contribution in [0.1, 0.15) is 24.2 Å². The molecule has 1 fully saturated rings. The van der Waals surface area contributed by atoms with Crippen molar-refractivity contribution in [2.45, 2.75) is 25.6 Å². The minimum atomic E-state index is -4.45. The maximum Gasteiger partial charge on any atom is 0.419 e. The highest BCUT2D eigenvalue weighted by Crippen LogP contribution is 2.33. The normalized spacial score (nSPS) is 15.9. The number of H-pyrrole nitrogens is 1. The summed E-state index contributed by atoms with van der Waals surface area (Å²) in [7, 11) is 0. The number of halogens is 4. The van der Waals surface area contributed by atoms with Crippen molar-refractivity contribution < 1.29 is 27.4 Å². The van der Waals surface area contributed by atoms with Crippen LogP contribution in [-0.4, -0.2) is 19.0 Å². The number of carbonyl (C=O) groups excluding carboxylic acids is 1. The highest BCUT2D eigenvalue weighted by molar-refractivity contribution is 6.32. The lowest BCUT2D eigenvalue weighted by Crippen LogP contribution is -2.42. The molecule has 1 amide bonds. The average molecular weight is 389 g/mol. The van der Waals surface area contributed by atoms with Crippen LogP contribution in [0.5, 0.6) is 0 Å². The molecule has 1 aliphatic rings. The Kier molecular flexibility index (Phi) is 5.41. The smallest absolute Gasteiger partial charge is 0.419 e. The SMILES string of the molecule is O=C(NCc1ccco1)C1CCN(c2[nH+]cc(C(F)(F)F)cc2Cl)CC1. The van der Waals surface area contributed by atoms with Gasteiger partial charge in [-0.15, -0.1) is 0 Å². The zero-order valence-corrected chi connectivity index (χ0v) is 14.5. The molecular weight excluding hydrogens is 371 g/mol. The monoisotopic (exact) mass is 388 g/mol. The van der Waals surface area contributed by atoms with Gasteiger partial charge in [0.2, 0.25) is 5.91 Å². The van der Waals surface area contributed by atoms with E-state index in [-0.39, 0.29) is 16.8 Å². The van der Waals surface area contributed by atoms with E-state index in [0.29, 0.717) is 44.1 Å². The zero-order chi connectivity index (χ0) is 18.7. The molecule has 0 aromatic carbocycles. The summed E-state index contributed by atoms with van der Waals surface area (Å²) in [4.78, 5) is 16.7. The number of carbonyl (C=O) groups is 1. The minimum absolute atomic E-state index is 0.0144. The Morgan fingerprint density at radius 1 is 1.38 bits per heavy atom. The van der Waals surface area contributed by atoms with Crippen molar-refractivity contribution in [3.63, 3.8) is 0 Å². The Labute approximate surface area is 153 Å². The zero-order valence-electron chi connectivity index (χ0n) is 13.8. The predicted molar refractivity (Wildman–Crippen MR) is 88.5 cm³/mol. The number of amides is 1. The van der Waals surface area contributed by atoms with Crippen molar-refractivity contribution in [2.24, 2.45) is 5.92 Å². The molecule has 9 heteroatoms. The van der Waals surface area contributed by atoms with Crippen LogP contribution in [0.15, 0.2) is 35.1 Å². The maximum atomic E-state index is 12.7. The van der Waals surface area contributed by atoms with E-state index < -0.39 is 11.7 Å². The maximum absolute atomic E-state index is 12.7. The summed E-state index contributed by atoms with van der Waals surface area (Å²) < 4.78 is 43.3. The summed E-state index contributed by atoms with van der Waals surface area (Å²) in [5.74, 6) is 0.925. The van der Waals surface area contributed by atoms with Gasteiger partial charge in [0.15, 0.2) is 0 Å². The van der Waals surface area contributed by atoms with Gasteiger partial charge in [0.1, 0.15) is 17.0 Å². The topological polar surface area (TPSA) is 59.6 Å². The fourth-order valence-corrected chi connectivity index (χ4v) is 3.26. The Bertz CT molecular complexity index is 757. The number of piperidine rings is 1. The molecule has 1 saturated heterocycles. The first-order valence-corrected chi connectivity index (χ1v) is 8.56.